The van der Waals surface area contributed by atoms with Gasteiger partial charge in [-0.1, -0.05) is 6.07 Å². The minimum absolute atomic E-state index is 0.0347. The van der Waals surface area contributed by atoms with Gasteiger partial charge in [0, 0.05) is 44.0 Å². The monoisotopic (exact) mass is 390 g/mol. The van der Waals surface area contributed by atoms with Gasteiger partial charge in [0.2, 0.25) is 0 Å². The van der Waals surface area contributed by atoms with Crippen molar-refractivity contribution in [3.8, 4) is 5.75 Å². The second-order valence-corrected chi connectivity index (χ2v) is 6.61. The second kappa shape index (κ2) is 8.55. The number of nitrogens with zero attached hydrogens (tertiary/aromatic N) is 5. The highest BCUT2D eigenvalue weighted by Gasteiger charge is 2.23. The molecule has 1 aromatic carbocycles. The fourth-order valence-electron chi connectivity index (χ4n) is 3.21. The van der Waals surface area contributed by atoms with Crippen LogP contribution in [0.2, 0.25) is 0 Å². The van der Waals surface area contributed by atoms with E-state index in [4.69, 9.17) is 4.74 Å². The van der Waals surface area contributed by atoms with E-state index >= 15 is 0 Å². The van der Waals surface area contributed by atoms with Crippen molar-refractivity contribution in [3.63, 3.8) is 0 Å². The van der Waals surface area contributed by atoms with E-state index in [1.165, 1.54) is 6.33 Å². The highest BCUT2D eigenvalue weighted by atomic mass is 16.5. The Balaban J connectivity index is 1.38. The lowest BCUT2D eigenvalue weighted by Crippen LogP contribution is -2.49. The highest BCUT2D eigenvalue weighted by Crippen LogP contribution is 2.20. The number of benzene rings is 1. The fourth-order valence-corrected chi connectivity index (χ4v) is 3.21. The molecule has 148 valence electrons. The van der Waals surface area contributed by atoms with E-state index in [9.17, 15) is 4.79 Å². The van der Waals surface area contributed by atoms with Gasteiger partial charge in [-0.2, -0.15) is 0 Å². The van der Waals surface area contributed by atoms with E-state index in [1.54, 1.807) is 37.6 Å². The highest BCUT2D eigenvalue weighted by molar-refractivity contribution is 5.94. The largest absolute Gasteiger partial charge is 0.497 e. The maximum absolute atomic E-state index is 12.7. The number of amides is 1. The zero-order valence-corrected chi connectivity index (χ0v) is 16.2. The van der Waals surface area contributed by atoms with Crippen molar-refractivity contribution in [2.45, 2.75) is 0 Å². The molecule has 0 radical (unpaired) electrons. The molecule has 1 aliphatic heterocycles. The van der Waals surface area contributed by atoms with Gasteiger partial charge in [0.25, 0.3) is 5.91 Å². The number of anilines is 3. The van der Waals surface area contributed by atoms with E-state index < -0.39 is 0 Å². The predicted octanol–water partition coefficient (Wildman–Crippen LogP) is 2.59. The third-order valence-corrected chi connectivity index (χ3v) is 4.80. The molecule has 0 atom stereocenters. The molecular formula is C21H22N6O2. The van der Waals surface area contributed by atoms with Crippen LogP contribution in [-0.2, 0) is 0 Å². The van der Waals surface area contributed by atoms with Crippen LogP contribution in [0.5, 0.6) is 5.75 Å². The summed E-state index contributed by atoms with van der Waals surface area (Å²) in [4.78, 5) is 29.6. The van der Waals surface area contributed by atoms with Gasteiger partial charge in [-0.15, -0.1) is 0 Å². The minimum Gasteiger partial charge on any atom is -0.497 e. The topological polar surface area (TPSA) is 83.5 Å². The van der Waals surface area contributed by atoms with Crippen molar-refractivity contribution in [2.24, 2.45) is 0 Å². The molecule has 1 amide bonds. The van der Waals surface area contributed by atoms with Crippen LogP contribution >= 0.6 is 0 Å². The number of piperazine rings is 1. The average molecular weight is 390 g/mol. The summed E-state index contributed by atoms with van der Waals surface area (Å²) in [5, 5.41) is 3.18. The molecule has 29 heavy (non-hydrogen) atoms. The molecule has 3 heterocycles. The number of aromatic nitrogens is 3. The molecule has 0 bridgehead atoms. The fraction of sp³-hybridized carbons (Fsp3) is 0.238. The Labute approximate surface area is 169 Å². The van der Waals surface area contributed by atoms with Gasteiger partial charge >= 0.3 is 0 Å². The molecule has 4 rings (SSSR count). The first-order valence-electron chi connectivity index (χ1n) is 9.41. The quantitative estimate of drug-likeness (QED) is 0.717. The number of carbonyl (C=O) groups excluding carboxylic acids is 1. The Hall–Kier alpha value is -3.68. The van der Waals surface area contributed by atoms with Gasteiger partial charge in [0.05, 0.1) is 7.11 Å². The first kappa shape index (κ1) is 18.7. The first-order valence-corrected chi connectivity index (χ1v) is 9.41. The molecule has 0 unspecified atom stereocenters. The number of carbonyl (C=O) groups is 1. The molecule has 2 aromatic heterocycles. The Morgan fingerprint density at radius 2 is 1.76 bits per heavy atom. The van der Waals surface area contributed by atoms with E-state index in [2.05, 4.69) is 25.2 Å². The van der Waals surface area contributed by atoms with Crippen molar-refractivity contribution in [1.29, 1.82) is 0 Å². The van der Waals surface area contributed by atoms with Crippen LogP contribution in [0, 0.1) is 0 Å². The second-order valence-electron chi connectivity index (χ2n) is 6.61. The normalized spacial score (nSPS) is 13.8. The standard InChI is InChI=1S/C21H22N6O2/c1-29-17-7-5-16(6-8-17)21(28)27-12-10-26(11-13-27)20-14-19(23-15-24-20)25-18-4-2-3-9-22-18/h2-9,14-15H,10-13H2,1H3,(H,22,23,24,25). The smallest absolute Gasteiger partial charge is 0.253 e. The summed E-state index contributed by atoms with van der Waals surface area (Å²) in [6.07, 6.45) is 3.26. The zero-order chi connectivity index (χ0) is 20.1. The van der Waals surface area contributed by atoms with Crippen molar-refractivity contribution < 1.29 is 9.53 Å². The molecule has 1 fully saturated rings. The third kappa shape index (κ3) is 4.43. The number of ether oxygens (including phenoxy) is 1. The van der Waals surface area contributed by atoms with Gasteiger partial charge in [-0.05, 0) is 36.4 Å². The van der Waals surface area contributed by atoms with Crippen LogP contribution in [0.25, 0.3) is 0 Å². The van der Waals surface area contributed by atoms with Crippen LogP contribution in [-0.4, -0.2) is 59.0 Å². The summed E-state index contributed by atoms with van der Waals surface area (Å²) >= 11 is 0. The first-order chi connectivity index (χ1) is 14.2. The Morgan fingerprint density at radius 3 is 2.45 bits per heavy atom. The molecule has 0 saturated carbocycles. The van der Waals surface area contributed by atoms with Crippen molar-refractivity contribution >= 4 is 23.4 Å². The van der Waals surface area contributed by atoms with E-state index in [0.717, 1.165) is 17.4 Å². The number of nitrogens with one attached hydrogen (secondary N) is 1. The van der Waals surface area contributed by atoms with E-state index in [1.807, 2.05) is 29.2 Å². The van der Waals surface area contributed by atoms with Gasteiger partial charge in [-0.3, -0.25) is 4.79 Å². The molecule has 0 aliphatic carbocycles. The maximum Gasteiger partial charge on any atom is 0.253 e. The van der Waals surface area contributed by atoms with Crippen LogP contribution in [0.1, 0.15) is 10.4 Å². The lowest BCUT2D eigenvalue weighted by molar-refractivity contribution is 0.0746. The Bertz CT molecular complexity index is 956. The summed E-state index contributed by atoms with van der Waals surface area (Å²) in [5.74, 6) is 3.02. The van der Waals surface area contributed by atoms with Crippen LogP contribution < -0.4 is 15.0 Å². The minimum atomic E-state index is 0.0347. The summed E-state index contributed by atoms with van der Waals surface area (Å²) < 4.78 is 5.15. The predicted molar refractivity (Wildman–Crippen MR) is 111 cm³/mol. The molecule has 1 saturated heterocycles. The summed E-state index contributed by atoms with van der Waals surface area (Å²) in [7, 11) is 1.61. The van der Waals surface area contributed by atoms with Crippen LogP contribution in [0.15, 0.2) is 61.1 Å². The van der Waals surface area contributed by atoms with Gasteiger partial charge in [-0.25, -0.2) is 15.0 Å². The van der Waals surface area contributed by atoms with Crippen LogP contribution in [0.3, 0.4) is 0 Å². The lowest BCUT2D eigenvalue weighted by Gasteiger charge is -2.35. The van der Waals surface area contributed by atoms with Gasteiger partial charge in [0.1, 0.15) is 29.5 Å². The number of hydrogen-bond donors (Lipinski definition) is 1. The summed E-state index contributed by atoms with van der Waals surface area (Å²) in [5.41, 5.74) is 0.670. The zero-order valence-electron chi connectivity index (χ0n) is 16.2. The molecule has 8 nitrogen and oxygen atoms in total. The molecule has 0 spiro atoms. The van der Waals surface area contributed by atoms with Crippen molar-refractivity contribution in [2.75, 3.05) is 43.5 Å². The van der Waals surface area contributed by atoms with Crippen molar-refractivity contribution in [1.82, 2.24) is 19.9 Å². The number of rotatable bonds is 5. The van der Waals surface area contributed by atoms with Gasteiger partial charge < -0.3 is 19.9 Å². The molecular weight excluding hydrogens is 368 g/mol. The van der Waals surface area contributed by atoms with Crippen molar-refractivity contribution in [3.05, 3.63) is 66.6 Å². The van der Waals surface area contributed by atoms with Crippen LogP contribution in [0.4, 0.5) is 17.5 Å². The SMILES string of the molecule is COc1ccc(C(=O)N2CCN(c3cc(Nc4ccccn4)ncn3)CC2)cc1. The lowest BCUT2D eigenvalue weighted by atomic mass is 10.1. The number of methoxy groups -OCH3 is 1. The summed E-state index contributed by atoms with van der Waals surface area (Å²) in [6.45, 7) is 2.69. The molecule has 1 aliphatic rings. The average Bonchev–Trinajstić information content (AvgIpc) is 2.80. The Morgan fingerprint density at radius 1 is 0.966 bits per heavy atom. The summed E-state index contributed by atoms with van der Waals surface area (Å²) in [6, 6.07) is 14.8. The molecule has 8 heteroatoms. The third-order valence-electron chi connectivity index (χ3n) is 4.80. The number of pyridine rings is 1. The molecule has 1 N–H and O–H groups in total. The Kier molecular flexibility index (Phi) is 5.51. The number of hydrogen-bond acceptors (Lipinski definition) is 7. The molecule has 3 aromatic rings. The van der Waals surface area contributed by atoms with E-state index in [0.29, 0.717) is 37.6 Å². The van der Waals surface area contributed by atoms with Gasteiger partial charge in [0.15, 0.2) is 0 Å². The van der Waals surface area contributed by atoms with E-state index in [-0.39, 0.29) is 5.91 Å². The maximum atomic E-state index is 12.7.